The smallest absolute Gasteiger partial charge is 0.243 e. The van der Waals surface area contributed by atoms with Gasteiger partial charge in [-0.25, -0.2) is 0 Å². The van der Waals surface area contributed by atoms with Crippen LogP contribution in [0.15, 0.2) is 72.8 Å². The minimum atomic E-state index is -0.566. The zero-order chi connectivity index (χ0) is 27.6. The lowest BCUT2D eigenvalue weighted by atomic mass is 9.94. The molecule has 0 heterocycles. The van der Waals surface area contributed by atoms with Gasteiger partial charge in [-0.05, 0) is 50.3 Å². The lowest BCUT2D eigenvalue weighted by Crippen LogP contribution is -2.53. The van der Waals surface area contributed by atoms with Crippen molar-refractivity contribution in [2.24, 2.45) is 0 Å². The quantitative estimate of drug-likeness (QED) is 0.286. The standard InChI is InChI=1S/C34H42N2O2S/c1-25-11-10-14-29(18-25)22-36(33(37)24-39-23-30-19-26(2)17-27(3)20-30)32(21-28-12-6-4-7-13-28)34(38)35-31-15-8-5-9-16-31/h4,6-7,10-14,17-20,31-32H,5,8-9,15-16,21-24H2,1-3H3,(H,35,38)/t32-/m0/s1. The molecule has 1 atom stereocenters. The Bertz CT molecular complexity index is 1220. The van der Waals surface area contributed by atoms with Gasteiger partial charge in [0.2, 0.25) is 11.8 Å². The Hall–Kier alpha value is -3.05. The van der Waals surface area contributed by atoms with Crippen molar-refractivity contribution in [3.63, 3.8) is 0 Å². The topological polar surface area (TPSA) is 49.4 Å². The third-order valence-corrected chi connectivity index (χ3v) is 8.42. The summed E-state index contributed by atoms with van der Waals surface area (Å²) in [5.41, 5.74) is 6.96. The number of nitrogens with one attached hydrogen (secondary N) is 1. The number of benzene rings is 3. The van der Waals surface area contributed by atoms with Crippen molar-refractivity contribution < 1.29 is 9.59 Å². The van der Waals surface area contributed by atoms with E-state index in [2.05, 4.69) is 62.5 Å². The van der Waals surface area contributed by atoms with E-state index >= 15 is 0 Å². The van der Waals surface area contributed by atoms with Gasteiger partial charge >= 0.3 is 0 Å². The predicted molar refractivity (Wildman–Crippen MR) is 163 cm³/mol. The van der Waals surface area contributed by atoms with Crippen LogP contribution >= 0.6 is 11.8 Å². The van der Waals surface area contributed by atoms with E-state index in [1.165, 1.54) is 23.1 Å². The average molecular weight is 543 g/mol. The van der Waals surface area contributed by atoms with E-state index in [-0.39, 0.29) is 17.9 Å². The molecule has 0 radical (unpaired) electrons. The molecule has 1 N–H and O–H groups in total. The zero-order valence-electron chi connectivity index (χ0n) is 23.6. The summed E-state index contributed by atoms with van der Waals surface area (Å²) in [6.45, 7) is 6.69. The van der Waals surface area contributed by atoms with Crippen LogP contribution in [0.1, 0.15) is 65.5 Å². The van der Waals surface area contributed by atoms with Crippen molar-refractivity contribution in [1.29, 1.82) is 0 Å². The van der Waals surface area contributed by atoms with Gasteiger partial charge in [-0.3, -0.25) is 9.59 Å². The maximum absolute atomic E-state index is 13.9. The zero-order valence-corrected chi connectivity index (χ0v) is 24.4. The molecular formula is C34H42N2O2S. The van der Waals surface area contributed by atoms with E-state index in [9.17, 15) is 9.59 Å². The second-order valence-corrected chi connectivity index (χ2v) is 12.0. The number of hydrogen-bond donors (Lipinski definition) is 1. The van der Waals surface area contributed by atoms with Crippen LogP contribution in [-0.2, 0) is 28.3 Å². The number of nitrogens with zero attached hydrogens (tertiary/aromatic N) is 1. The van der Waals surface area contributed by atoms with Crippen LogP contribution in [0.2, 0.25) is 0 Å². The van der Waals surface area contributed by atoms with Crippen LogP contribution < -0.4 is 5.32 Å². The number of carbonyl (C=O) groups excluding carboxylic acids is 2. The Morgan fingerprint density at radius 3 is 2.18 bits per heavy atom. The van der Waals surface area contributed by atoms with Crippen molar-refractivity contribution in [1.82, 2.24) is 10.2 Å². The molecule has 5 heteroatoms. The molecule has 4 nitrogen and oxygen atoms in total. The number of amides is 2. The largest absolute Gasteiger partial charge is 0.352 e. The highest BCUT2D eigenvalue weighted by Crippen LogP contribution is 2.22. The van der Waals surface area contributed by atoms with Gasteiger partial charge < -0.3 is 10.2 Å². The third kappa shape index (κ3) is 8.99. The highest BCUT2D eigenvalue weighted by Gasteiger charge is 2.31. The summed E-state index contributed by atoms with van der Waals surface area (Å²) in [4.78, 5) is 29.6. The van der Waals surface area contributed by atoms with E-state index in [0.29, 0.717) is 18.7 Å². The first kappa shape index (κ1) is 28.9. The third-order valence-electron chi connectivity index (χ3n) is 7.43. The average Bonchev–Trinajstić information content (AvgIpc) is 2.91. The van der Waals surface area contributed by atoms with Gasteiger partial charge in [-0.2, -0.15) is 0 Å². The molecular weight excluding hydrogens is 500 g/mol. The van der Waals surface area contributed by atoms with Gasteiger partial charge in [-0.1, -0.05) is 109 Å². The monoisotopic (exact) mass is 542 g/mol. The summed E-state index contributed by atoms with van der Waals surface area (Å²) in [7, 11) is 0. The summed E-state index contributed by atoms with van der Waals surface area (Å²) in [6.07, 6.45) is 6.06. The van der Waals surface area contributed by atoms with Crippen molar-refractivity contribution in [2.45, 2.75) is 83.7 Å². The van der Waals surface area contributed by atoms with Crippen LogP contribution in [0.4, 0.5) is 0 Å². The molecule has 4 rings (SSSR count). The number of carbonyl (C=O) groups is 2. The number of rotatable bonds is 11. The Balaban J connectivity index is 1.57. The van der Waals surface area contributed by atoms with Crippen LogP contribution in [0.3, 0.4) is 0 Å². The maximum atomic E-state index is 13.9. The molecule has 0 unspecified atom stereocenters. The molecule has 0 bridgehead atoms. The SMILES string of the molecule is Cc1cc(C)cc(CSCC(=O)N(Cc2cccc(C)c2)[C@@H](Cc2ccccc2)C(=O)NC2CCCCC2)c1. The molecule has 0 aliphatic heterocycles. The van der Waals surface area contributed by atoms with Gasteiger partial charge in [0.15, 0.2) is 0 Å². The van der Waals surface area contributed by atoms with Gasteiger partial charge in [0.1, 0.15) is 6.04 Å². The molecule has 1 aliphatic rings. The predicted octanol–water partition coefficient (Wildman–Crippen LogP) is 6.93. The molecule has 0 aromatic heterocycles. The van der Waals surface area contributed by atoms with Crippen LogP contribution in [0.25, 0.3) is 0 Å². The Labute approximate surface area is 238 Å². The van der Waals surface area contributed by atoms with Crippen molar-refractivity contribution in [3.8, 4) is 0 Å². The van der Waals surface area contributed by atoms with Gasteiger partial charge in [0.25, 0.3) is 0 Å². The van der Waals surface area contributed by atoms with Crippen molar-refractivity contribution in [2.75, 3.05) is 5.75 Å². The normalized spacial score (nSPS) is 14.5. The molecule has 2 amide bonds. The van der Waals surface area contributed by atoms with Crippen molar-refractivity contribution in [3.05, 3.63) is 106 Å². The summed E-state index contributed by atoms with van der Waals surface area (Å²) in [6, 6.07) is 24.5. The second-order valence-electron chi connectivity index (χ2n) is 11.0. The molecule has 1 saturated carbocycles. The summed E-state index contributed by atoms with van der Waals surface area (Å²) >= 11 is 1.62. The van der Waals surface area contributed by atoms with Crippen LogP contribution in [0.5, 0.6) is 0 Å². The second kappa shape index (κ2) is 14.4. The summed E-state index contributed by atoms with van der Waals surface area (Å²) < 4.78 is 0. The highest BCUT2D eigenvalue weighted by molar-refractivity contribution is 7.99. The van der Waals surface area contributed by atoms with E-state index in [4.69, 9.17) is 0 Å². The molecule has 1 fully saturated rings. The minimum Gasteiger partial charge on any atom is -0.352 e. The van der Waals surface area contributed by atoms with Crippen LogP contribution in [0, 0.1) is 20.8 Å². The van der Waals surface area contributed by atoms with Crippen LogP contribution in [-0.4, -0.2) is 34.6 Å². The maximum Gasteiger partial charge on any atom is 0.243 e. The fourth-order valence-corrected chi connectivity index (χ4v) is 6.44. The van der Waals surface area contributed by atoms with E-state index in [1.54, 1.807) is 11.8 Å². The molecule has 1 aliphatic carbocycles. The fourth-order valence-electron chi connectivity index (χ4n) is 5.60. The number of hydrogen-bond acceptors (Lipinski definition) is 3. The number of aryl methyl sites for hydroxylation is 3. The lowest BCUT2D eigenvalue weighted by Gasteiger charge is -2.33. The Morgan fingerprint density at radius 2 is 1.49 bits per heavy atom. The van der Waals surface area contributed by atoms with Crippen molar-refractivity contribution >= 4 is 23.6 Å². The highest BCUT2D eigenvalue weighted by atomic mass is 32.2. The van der Waals surface area contributed by atoms with Gasteiger partial charge in [0.05, 0.1) is 5.75 Å². The molecule has 0 spiro atoms. The lowest BCUT2D eigenvalue weighted by molar-refractivity contribution is -0.139. The summed E-state index contributed by atoms with van der Waals surface area (Å²) in [5.74, 6) is 1.07. The first-order valence-electron chi connectivity index (χ1n) is 14.2. The van der Waals surface area contributed by atoms with E-state index in [1.807, 2.05) is 41.3 Å². The minimum absolute atomic E-state index is 0.00519. The van der Waals surface area contributed by atoms with Gasteiger partial charge in [0, 0.05) is 24.8 Å². The molecule has 3 aromatic carbocycles. The van der Waals surface area contributed by atoms with Gasteiger partial charge in [-0.15, -0.1) is 11.8 Å². The molecule has 206 valence electrons. The van der Waals surface area contributed by atoms with E-state index in [0.717, 1.165) is 48.1 Å². The molecule has 3 aromatic rings. The first-order valence-corrected chi connectivity index (χ1v) is 15.4. The first-order chi connectivity index (χ1) is 18.9. The van der Waals surface area contributed by atoms with E-state index < -0.39 is 6.04 Å². The molecule has 39 heavy (non-hydrogen) atoms. The Morgan fingerprint density at radius 1 is 0.821 bits per heavy atom. The number of thioether (sulfide) groups is 1. The molecule has 0 saturated heterocycles. The summed E-state index contributed by atoms with van der Waals surface area (Å²) in [5, 5.41) is 3.33. The fraction of sp³-hybridized carbons (Fsp3) is 0.412. The Kier molecular flexibility index (Phi) is 10.7.